The number of amides is 1. The summed E-state index contributed by atoms with van der Waals surface area (Å²) in [5.74, 6) is -1.42. The van der Waals surface area contributed by atoms with Crippen molar-refractivity contribution in [3.05, 3.63) is 58.4 Å². The Bertz CT molecular complexity index is 723. The summed E-state index contributed by atoms with van der Waals surface area (Å²) in [5, 5.41) is 11.7. The van der Waals surface area contributed by atoms with E-state index in [1.165, 1.54) is 12.1 Å². The number of hydrogen-bond acceptors (Lipinski definition) is 3. The molecule has 0 aliphatic heterocycles. The van der Waals surface area contributed by atoms with Gasteiger partial charge in [-0.1, -0.05) is 6.07 Å². The fraction of sp³-hybridized carbons (Fsp3) is 0.188. The van der Waals surface area contributed by atoms with Crippen LogP contribution in [0.5, 0.6) is 0 Å². The molecule has 0 aliphatic rings. The van der Waals surface area contributed by atoms with Crippen LogP contribution in [-0.4, -0.2) is 22.0 Å². The van der Waals surface area contributed by atoms with Crippen molar-refractivity contribution in [3.8, 4) is 0 Å². The monoisotopic (exact) mass is 284 g/mol. The number of aryl methyl sites for hydroxylation is 3. The van der Waals surface area contributed by atoms with E-state index in [1.54, 1.807) is 6.92 Å². The highest BCUT2D eigenvalue weighted by atomic mass is 16.4. The lowest BCUT2D eigenvalue weighted by Gasteiger charge is -2.08. The molecule has 0 saturated heterocycles. The fourth-order valence-corrected chi connectivity index (χ4v) is 1.93. The van der Waals surface area contributed by atoms with E-state index in [0.29, 0.717) is 11.4 Å². The third-order valence-corrected chi connectivity index (χ3v) is 3.31. The molecule has 1 aromatic carbocycles. The molecule has 2 N–H and O–H groups in total. The number of carboxylic acids is 1. The third kappa shape index (κ3) is 3.25. The summed E-state index contributed by atoms with van der Waals surface area (Å²) < 4.78 is 0. The summed E-state index contributed by atoms with van der Waals surface area (Å²) in [5.41, 5.74) is 3.51. The van der Waals surface area contributed by atoms with E-state index >= 15 is 0 Å². The van der Waals surface area contributed by atoms with Crippen LogP contribution in [0.2, 0.25) is 0 Å². The zero-order chi connectivity index (χ0) is 15.6. The summed E-state index contributed by atoms with van der Waals surface area (Å²) in [6.07, 6.45) is 0. The number of hydrogen-bond donors (Lipinski definition) is 2. The molecule has 0 unspecified atom stereocenters. The van der Waals surface area contributed by atoms with Crippen molar-refractivity contribution in [1.82, 2.24) is 4.98 Å². The first kappa shape index (κ1) is 14.7. The van der Waals surface area contributed by atoms with Crippen molar-refractivity contribution < 1.29 is 14.7 Å². The van der Waals surface area contributed by atoms with Crippen LogP contribution in [0.1, 0.15) is 37.7 Å². The second kappa shape index (κ2) is 5.75. The van der Waals surface area contributed by atoms with Gasteiger partial charge < -0.3 is 10.4 Å². The van der Waals surface area contributed by atoms with E-state index in [0.717, 1.165) is 11.1 Å². The van der Waals surface area contributed by atoms with Gasteiger partial charge in [-0.25, -0.2) is 9.78 Å². The minimum Gasteiger partial charge on any atom is -0.478 e. The van der Waals surface area contributed by atoms with Crippen LogP contribution in [0.4, 0.5) is 5.69 Å². The Morgan fingerprint density at radius 2 is 1.76 bits per heavy atom. The molecule has 0 atom stereocenters. The topological polar surface area (TPSA) is 79.3 Å². The quantitative estimate of drug-likeness (QED) is 0.908. The van der Waals surface area contributed by atoms with Crippen LogP contribution < -0.4 is 5.32 Å². The van der Waals surface area contributed by atoms with Gasteiger partial charge in [-0.2, -0.15) is 0 Å². The maximum absolute atomic E-state index is 12.1. The average molecular weight is 284 g/mol. The predicted molar refractivity (Wildman–Crippen MR) is 79.8 cm³/mol. The van der Waals surface area contributed by atoms with E-state index in [1.807, 2.05) is 32.0 Å². The lowest BCUT2D eigenvalue weighted by Crippen LogP contribution is -2.15. The first-order valence-corrected chi connectivity index (χ1v) is 6.48. The number of carbonyl (C=O) groups is 2. The molecular weight excluding hydrogens is 268 g/mol. The SMILES string of the molecule is Cc1ccc(NC(=O)c2ccc(C(=O)O)c(C)n2)cc1C. The molecule has 0 aliphatic carbocycles. The molecule has 0 bridgehead atoms. The largest absolute Gasteiger partial charge is 0.478 e. The molecular formula is C16H16N2O3. The van der Waals surface area contributed by atoms with Crippen molar-refractivity contribution in [1.29, 1.82) is 0 Å². The second-order valence-electron chi connectivity index (χ2n) is 4.89. The highest BCUT2D eigenvalue weighted by Crippen LogP contribution is 2.15. The Balaban J connectivity index is 2.22. The molecule has 2 aromatic rings. The minimum absolute atomic E-state index is 0.0951. The van der Waals surface area contributed by atoms with Crippen molar-refractivity contribution >= 4 is 17.6 Å². The minimum atomic E-state index is -1.05. The van der Waals surface area contributed by atoms with Gasteiger partial charge in [0.2, 0.25) is 0 Å². The maximum Gasteiger partial charge on any atom is 0.337 e. The number of aromatic nitrogens is 1. The zero-order valence-electron chi connectivity index (χ0n) is 12.1. The lowest BCUT2D eigenvalue weighted by molar-refractivity contribution is 0.0695. The van der Waals surface area contributed by atoms with Crippen molar-refractivity contribution in [2.75, 3.05) is 5.32 Å². The molecule has 1 aromatic heterocycles. The summed E-state index contributed by atoms with van der Waals surface area (Å²) in [6.45, 7) is 5.53. The van der Waals surface area contributed by atoms with Gasteiger partial charge in [-0.15, -0.1) is 0 Å². The molecule has 2 rings (SSSR count). The number of rotatable bonds is 3. The lowest BCUT2D eigenvalue weighted by atomic mass is 10.1. The van der Waals surface area contributed by atoms with Crippen molar-refractivity contribution in [3.63, 3.8) is 0 Å². The number of nitrogens with zero attached hydrogens (tertiary/aromatic N) is 1. The van der Waals surface area contributed by atoms with Crippen LogP contribution in [0.15, 0.2) is 30.3 Å². The predicted octanol–water partition coefficient (Wildman–Crippen LogP) is 2.96. The molecule has 1 amide bonds. The smallest absolute Gasteiger partial charge is 0.337 e. The van der Waals surface area contributed by atoms with Gasteiger partial charge in [0.1, 0.15) is 5.69 Å². The molecule has 108 valence electrons. The standard InChI is InChI=1S/C16H16N2O3/c1-9-4-5-12(8-10(9)2)18-15(19)14-7-6-13(16(20)21)11(3)17-14/h4-8H,1-3H3,(H,18,19)(H,20,21). The molecule has 0 radical (unpaired) electrons. The highest BCUT2D eigenvalue weighted by molar-refractivity contribution is 6.03. The maximum atomic E-state index is 12.1. The highest BCUT2D eigenvalue weighted by Gasteiger charge is 2.13. The number of aromatic carboxylic acids is 1. The van der Waals surface area contributed by atoms with Gasteiger partial charge in [0, 0.05) is 5.69 Å². The Morgan fingerprint density at radius 1 is 1.05 bits per heavy atom. The third-order valence-electron chi connectivity index (χ3n) is 3.31. The van der Waals surface area contributed by atoms with Gasteiger partial charge in [-0.3, -0.25) is 4.79 Å². The zero-order valence-corrected chi connectivity index (χ0v) is 12.1. The summed E-state index contributed by atoms with van der Waals surface area (Å²) in [7, 11) is 0. The van der Waals surface area contributed by atoms with Crippen LogP contribution in [0.25, 0.3) is 0 Å². The number of benzene rings is 1. The molecule has 0 fully saturated rings. The van der Waals surface area contributed by atoms with Gasteiger partial charge >= 0.3 is 5.97 Å². The first-order valence-electron chi connectivity index (χ1n) is 6.48. The molecule has 5 nitrogen and oxygen atoms in total. The Kier molecular flexibility index (Phi) is 4.03. The second-order valence-corrected chi connectivity index (χ2v) is 4.89. The Hall–Kier alpha value is -2.69. The number of pyridine rings is 1. The van der Waals surface area contributed by atoms with Crippen molar-refractivity contribution in [2.45, 2.75) is 20.8 Å². The normalized spacial score (nSPS) is 10.2. The summed E-state index contributed by atoms with van der Waals surface area (Å²) in [4.78, 5) is 27.1. The number of carboxylic acid groups (broad SMARTS) is 1. The van der Waals surface area contributed by atoms with E-state index < -0.39 is 5.97 Å². The van der Waals surface area contributed by atoms with Crippen LogP contribution in [-0.2, 0) is 0 Å². The average Bonchev–Trinajstić information content (AvgIpc) is 2.42. The molecule has 1 heterocycles. The first-order chi connectivity index (χ1) is 9.88. The summed E-state index contributed by atoms with van der Waals surface area (Å²) in [6, 6.07) is 8.42. The van der Waals surface area contributed by atoms with Crippen LogP contribution in [0.3, 0.4) is 0 Å². The van der Waals surface area contributed by atoms with E-state index in [9.17, 15) is 9.59 Å². The molecule has 0 saturated carbocycles. The van der Waals surface area contributed by atoms with Gasteiger partial charge in [-0.05, 0) is 56.2 Å². The van der Waals surface area contributed by atoms with Crippen LogP contribution >= 0.6 is 0 Å². The van der Waals surface area contributed by atoms with Gasteiger partial charge in [0.05, 0.1) is 11.3 Å². The Morgan fingerprint density at radius 3 is 2.33 bits per heavy atom. The van der Waals surface area contributed by atoms with Crippen LogP contribution in [0, 0.1) is 20.8 Å². The summed E-state index contributed by atoms with van der Waals surface area (Å²) >= 11 is 0. The number of carbonyl (C=O) groups excluding carboxylic acids is 1. The van der Waals surface area contributed by atoms with Crippen molar-refractivity contribution in [2.24, 2.45) is 0 Å². The van der Waals surface area contributed by atoms with Gasteiger partial charge in [0.25, 0.3) is 5.91 Å². The van der Waals surface area contributed by atoms with E-state index in [4.69, 9.17) is 5.11 Å². The molecule has 0 spiro atoms. The molecule has 5 heteroatoms. The fourth-order valence-electron chi connectivity index (χ4n) is 1.93. The van der Waals surface area contributed by atoms with E-state index in [2.05, 4.69) is 10.3 Å². The van der Waals surface area contributed by atoms with E-state index in [-0.39, 0.29) is 17.2 Å². The number of anilines is 1. The number of nitrogens with one attached hydrogen (secondary N) is 1. The van der Waals surface area contributed by atoms with Gasteiger partial charge in [0.15, 0.2) is 0 Å². The Labute approximate surface area is 122 Å². The molecule has 21 heavy (non-hydrogen) atoms.